The molecule has 6 nitrogen and oxygen atoms in total. The molecule has 25 heavy (non-hydrogen) atoms. The van der Waals surface area contributed by atoms with Crippen molar-refractivity contribution in [1.82, 2.24) is 10.2 Å². The Balaban J connectivity index is 1.42. The lowest BCUT2D eigenvalue weighted by Crippen LogP contribution is -2.46. The van der Waals surface area contributed by atoms with Crippen LogP contribution >= 0.6 is 0 Å². The fourth-order valence-corrected chi connectivity index (χ4v) is 3.04. The van der Waals surface area contributed by atoms with Gasteiger partial charge in [0.1, 0.15) is 5.76 Å². The highest BCUT2D eigenvalue weighted by Gasteiger charge is 2.23. The van der Waals surface area contributed by atoms with Gasteiger partial charge < -0.3 is 15.1 Å². The molecule has 0 aliphatic carbocycles. The summed E-state index contributed by atoms with van der Waals surface area (Å²) in [6.45, 7) is 3.73. The van der Waals surface area contributed by atoms with Crippen LogP contribution in [0.25, 0.3) is 0 Å². The molecule has 6 heteroatoms. The summed E-state index contributed by atoms with van der Waals surface area (Å²) in [5, 5.41) is 5.95. The Labute approximate surface area is 147 Å². The number of piperidine rings is 1. The number of nitrogens with one attached hydrogen (secondary N) is 2. The highest BCUT2D eigenvalue weighted by Crippen LogP contribution is 2.14. The number of benzene rings is 1. The van der Waals surface area contributed by atoms with Gasteiger partial charge in [0, 0.05) is 24.8 Å². The quantitative estimate of drug-likeness (QED) is 0.876. The Bertz CT molecular complexity index is 719. The summed E-state index contributed by atoms with van der Waals surface area (Å²) >= 11 is 0. The molecule has 1 aromatic carbocycles. The summed E-state index contributed by atoms with van der Waals surface area (Å²) in [5.74, 6) is 0.529. The van der Waals surface area contributed by atoms with E-state index in [0.717, 1.165) is 31.6 Å². The second-order valence-corrected chi connectivity index (χ2v) is 6.33. The molecule has 0 unspecified atom stereocenters. The standard InChI is InChI=1S/C19H23N3O3/c1-14-17(9-12-25-14)19(24)21-16-7-10-22(11-8-16)13-18(23)20-15-5-3-2-4-6-15/h2-6,9,12,16H,7-8,10-11,13H2,1H3,(H,20,23)(H,21,24). The number of amides is 2. The number of carbonyl (C=O) groups is 2. The third-order valence-corrected chi connectivity index (χ3v) is 4.45. The molecule has 2 N–H and O–H groups in total. The molecule has 1 aromatic heterocycles. The van der Waals surface area contributed by atoms with Crippen molar-refractivity contribution in [2.24, 2.45) is 0 Å². The summed E-state index contributed by atoms with van der Waals surface area (Å²) in [4.78, 5) is 26.4. The molecule has 1 aliphatic heterocycles. The fraction of sp³-hybridized carbons (Fsp3) is 0.368. The molecule has 0 saturated carbocycles. The average molecular weight is 341 g/mol. The molecule has 0 radical (unpaired) electrons. The number of likely N-dealkylation sites (tertiary alicyclic amines) is 1. The van der Waals surface area contributed by atoms with Gasteiger partial charge in [0.15, 0.2) is 0 Å². The molecular formula is C19H23N3O3. The van der Waals surface area contributed by atoms with Crippen LogP contribution in [-0.2, 0) is 4.79 Å². The van der Waals surface area contributed by atoms with Crippen molar-refractivity contribution in [3.63, 3.8) is 0 Å². The van der Waals surface area contributed by atoms with Crippen LogP contribution in [0.4, 0.5) is 5.69 Å². The van der Waals surface area contributed by atoms with E-state index in [9.17, 15) is 9.59 Å². The van der Waals surface area contributed by atoms with Crippen molar-refractivity contribution in [1.29, 1.82) is 0 Å². The van der Waals surface area contributed by atoms with E-state index >= 15 is 0 Å². The lowest BCUT2D eigenvalue weighted by molar-refractivity contribution is -0.117. The minimum absolute atomic E-state index is 0.0114. The minimum Gasteiger partial charge on any atom is -0.469 e. The number of hydrogen-bond donors (Lipinski definition) is 2. The molecular weight excluding hydrogens is 318 g/mol. The van der Waals surface area contributed by atoms with Gasteiger partial charge in [-0.25, -0.2) is 0 Å². The van der Waals surface area contributed by atoms with Gasteiger partial charge in [-0.05, 0) is 38.0 Å². The number of carbonyl (C=O) groups excluding carboxylic acids is 2. The van der Waals surface area contributed by atoms with Crippen molar-refractivity contribution in [3.05, 3.63) is 54.0 Å². The van der Waals surface area contributed by atoms with Gasteiger partial charge in [-0.2, -0.15) is 0 Å². The van der Waals surface area contributed by atoms with Crippen molar-refractivity contribution in [2.45, 2.75) is 25.8 Å². The Kier molecular flexibility index (Phi) is 5.50. The number of aryl methyl sites for hydroxylation is 1. The number of anilines is 1. The van der Waals surface area contributed by atoms with Crippen molar-refractivity contribution < 1.29 is 14.0 Å². The summed E-state index contributed by atoms with van der Waals surface area (Å²) in [6.07, 6.45) is 3.20. The molecule has 132 valence electrons. The van der Waals surface area contributed by atoms with Gasteiger partial charge in [0.2, 0.25) is 5.91 Å². The predicted octanol–water partition coefficient (Wildman–Crippen LogP) is 2.42. The van der Waals surface area contributed by atoms with E-state index < -0.39 is 0 Å². The van der Waals surface area contributed by atoms with E-state index in [1.54, 1.807) is 13.0 Å². The molecule has 0 atom stereocenters. The molecule has 2 aromatic rings. The van der Waals surface area contributed by atoms with Crippen LogP contribution in [0.2, 0.25) is 0 Å². The Morgan fingerprint density at radius 2 is 1.88 bits per heavy atom. The Hall–Kier alpha value is -2.60. The number of furan rings is 1. The normalized spacial score (nSPS) is 15.7. The molecule has 1 fully saturated rings. The van der Waals surface area contributed by atoms with Crippen LogP contribution in [-0.4, -0.2) is 42.4 Å². The second-order valence-electron chi connectivity index (χ2n) is 6.33. The van der Waals surface area contributed by atoms with Gasteiger partial charge in [-0.3, -0.25) is 14.5 Å². The monoisotopic (exact) mass is 341 g/mol. The van der Waals surface area contributed by atoms with E-state index in [4.69, 9.17) is 4.42 Å². The third kappa shape index (κ3) is 4.70. The van der Waals surface area contributed by atoms with Gasteiger partial charge in [-0.15, -0.1) is 0 Å². The number of rotatable bonds is 5. The molecule has 3 rings (SSSR count). The van der Waals surface area contributed by atoms with E-state index in [-0.39, 0.29) is 17.9 Å². The average Bonchev–Trinajstić information content (AvgIpc) is 3.03. The van der Waals surface area contributed by atoms with Crippen LogP contribution in [0.1, 0.15) is 29.0 Å². The highest BCUT2D eigenvalue weighted by atomic mass is 16.3. The first kappa shape index (κ1) is 17.2. The highest BCUT2D eigenvalue weighted by molar-refractivity contribution is 5.95. The lowest BCUT2D eigenvalue weighted by atomic mass is 10.0. The molecule has 1 saturated heterocycles. The number of para-hydroxylation sites is 1. The molecule has 0 bridgehead atoms. The summed E-state index contributed by atoms with van der Waals surface area (Å²) in [7, 11) is 0. The van der Waals surface area contributed by atoms with Crippen LogP contribution in [0, 0.1) is 6.92 Å². The topological polar surface area (TPSA) is 74.6 Å². The summed E-state index contributed by atoms with van der Waals surface area (Å²) in [5.41, 5.74) is 1.40. The van der Waals surface area contributed by atoms with Crippen LogP contribution < -0.4 is 10.6 Å². The first-order valence-corrected chi connectivity index (χ1v) is 8.54. The molecule has 2 amide bonds. The first-order valence-electron chi connectivity index (χ1n) is 8.54. The van der Waals surface area contributed by atoms with E-state index in [0.29, 0.717) is 17.9 Å². The van der Waals surface area contributed by atoms with Gasteiger partial charge in [0.25, 0.3) is 5.91 Å². The number of nitrogens with zero attached hydrogens (tertiary/aromatic N) is 1. The van der Waals surface area contributed by atoms with Gasteiger partial charge in [-0.1, -0.05) is 18.2 Å². The van der Waals surface area contributed by atoms with Crippen LogP contribution in [0.3, 0.4) is 0 Å². The lowest BCUT2D eigenvalue weighted by Gasteiger charge is -2.31. The predicted molar refractivity (Wildman–Crippen MR) is 95.4 cm³/mol. The maximum absolute atomic E-state index is 12.2. The van der Waals surface area contributed by atoms with Crippen molar-refractivity contribution in [2.75, 3.05) is 25.0 Å². The minimum atomic E-state index is -0.0912. The largest absolute Gasteiger partial charge is 0.469 e. The SMILES string of the molecule is Cc1occc1C(=O)NC1CCN(CC(=O)Nc2ccccc2)CC1. The Morgan fingerprint density at radius 1 is 1.16 bits per heavy atom. The zero-order valence-corrected chi connectivity index (χ0v) is 14.3. The van der Waals surface area contributed by atoms with Crippen molar-refractivity contribution in [3.8, 4) is 0 Å². The van der Waals surface area contributed by atoms with Crippen LogP contribution in [0.5, 0.6) is 0 Å². The first-order chi connectivity index (χ1) is 12.1. The van der Waals surface area contributed by atoms with E-state index in [1.165, 1.54) is 6.26 Å². The molecule has 1 aliphatic rings. The Morgan fingerprint density at radius 3 is 2.52 bits per heavy atom. The maximum Gasteiger partial charge on any atom is 0.255 e. The van der Waals surface area contributed by atoms with Crippen molar-refractivity contribution >= 4 is 17.5 Å². The smallest absolute Gasteiger partial charge is 0.255 e. The van der Waals surface area contributed by atoms with Gasteiger partial charge in [0.05, 0.1) is 18.4 Å². The number of hydrogen-bond acceptors (Lipinski definition) is 4. The summed E-state index contributed by atoms with van der Waals surface area (Å²) < 4.78 is 5.17. The zero-order chi connectivity index (χ0) is 17.6. The van der Waals surface area contributed by atoms with Crippen LogP contribution in [0.15, 0.2) is 47.1 Å². The zero-order valence-electron chi connectivity index (χ0n) is 14.3. The fourth-order valence-electron chi connectivity index (χ4n) is 3.04. The molecule has 2 heterocycles. The second kappa shape index (κ2) is 7.98. The molecule has 0 spiro atoms. The van der Waals surface area contributed by atoms with E-state index in [2.05, 4.69) is 15.5 Å². The maximum atomic E-state index is 12.2. The third-order valence-electron chi connectivity index (χ3n) is 4.45. The van der Waals surface area contributed by atoms with Gasteiger partial charge >= 0.3 is 0 Å². The summed E-state index contributed by atoms with van der Waals surface area (Å²) in [6, 6.07) is 11.3. The van der Waals surface area contributed by atoms with E-state index in [1.807, 2.05) is 30.3 Å².